The van der Waals surface area contributed by atoms with E-state index in [2.05, 4.69) is 31.1 Å². The third kappa shape index (κ3) is 2.01. The van der Waals surface area contributed by atoms with E-state index in [1.165, 1.54) is 0 Å². The first-order chi connectivity index (χ1) is 9.08. The largest absolute Gasteiger partial charge is 0.397 e. The van der Waals surface area contributed by atoms with E-state index in [-0.39, 0.29) is 12.1 Å². The fraction of sp³-hybridized carbons (Fsp3) is 0.500. The fourth-order valence-electron chi connectivity index (χ4n) is 2.60. The van der Waals surface area contributed by atoms with Crippen LogP contribution in [0.25, 0.3) is 0 Å². The quantitative estimate of drug-likeness (QED) is 0.806. The summed E-state index contributed by atoms with van der Waals surface area (Å²) in [6.07, 6.45) is 1.69. The van der Waals surface area contributed by atoms with Gasteiger partial charge in [-0.25, -0.2) is 9.78 Å². The highest BCUT2D eigenvalue weighted by Crippen LogP contribution is 2.31. The van der Waals surface area contributed by atoms with Crippen LogP contribution in [-0.4, -0.2) is 48.1 Å². The highest BCUT2D eigenvalue weighted by molar-refractivity contribution is 9.10. The third-order valence-electron chi connectivity index (χ3n) is 3.82. The molecule has 102 valence electrons. The zero-order valence-corrected chi connectivity index (χ0v) is 12.3. The number of hydrogen-bond donors (Lipinski definition) is 2. The number of halogens is 1. The number of anilines is 2. The van der Waals surface area contributed by atoms with Crippen molar-refractivity contribution in [3.05, 3.63) is 16.2 Å². The summed E-state index contributed by atoms with van der Waals surface area (Å²) in [5, 5.41) is 2.88. The number of nitrogens with one attached hydrogen (secondary N) is 1. The molecule has 1 atom stereocenters. The first-order valence-corrected chi connectivity index (χ1v) is 7.07. The lowest BCUT2D eigenvalue weighted by atomic mass is 10.2. The van der Waals surface area contributed by atoms with Crippen molar-refractivity contribution in [1.29, 1.82) is 0 Å². The number of nitrogens with two attached hydrogens (primary N) is 1. The molecule has 19 heavy (non-hydrogen) atoms. The van der Waals surface area contributed by atoms with Gasteiger partial charge in [-0.2, -0.15) is 0 Å². The summed E-state index contributed by atoms with van der Waals surface area (Å²) in [4.78, 5) is 20.1. The summed E-state index contributed by atoms with van der Waals surface area (Å²) in [5.74, 6) is 0.908. The molecule has 7 heteroatoms. The van der Waals surface area contributed by atoms with Crippen LogP contribution in [0.3, 0.4) is 0 Å². The van der Waals surface area contributed by atoms with Gasteiger partial charge in [-0.15, -0.1) is 0 Å². The summed E-state index contributed by atoms with van der Waals surface area (Å²) in [6.45, 7) is 5.00. The number of pyridine rings is 1. The molecule has 2 aliphatic rings. The molecule has 1 unspecified atom stereocenters. The van der Waals surface area contributed by atoms with Crippen LogP contribution in [0.15, 0.2) is 10.7 Å². The van der Waals surface area contributed by atoms with Crippen LogP contribution >= 0.6 is 15.9 Å². The van der Waals surface area contributed by atoms with E-state index in [1.54, 1.807) is 6.20 Å². The minimum Gasteiger partial charge on any atom is -0.397 e. The maximum Gasteiger partial charge on any atom is 0.317 e. The summed E-state index contributed by atoms with van der Waals surface area (Å²) in [5.41, 5.74) is 7.54. The molecular weight excluding hydrogens is 310 g/mol. The lowest BCUT2D eigenvalue weighted by molar-refractivity contribution is 0.197. The van der Waals surface area contributed by atoms with Gasteiger partial charge < -0.3 is 20.9 Å². The van der Waals surface area contributed by atoms with Gasteiger partial charge in [0.25, 0.3) is 0 Å². The van der Waals surface area contributed by atoms with E-state index in [9.17, 15) is 4.79 Å². The predicted molar refractivity (Wildman–Crippen MR) is 77.2 cm³/mol. The Morgan fingerprint density at radius 1 is 1.53 bits per heavy atom. The van der Waals surface area contributed by atoms with Crippen molar-refractivity contribution < 1.29 is 4.79 Å². The Morgan fingerprint density at radius 2 is 2.32 bits per heavy atom. The van der Waals surface area contributed by atoms with Crippen LogP contribution in [0.4, 0.5) is 16.3 Å². The smallest absolute Gasteiger partial charge is 0.317 e. The van der Waals surface area contributed by atoms with E-state index in [4.69, 9.17) is 5.73 Å². The molecule has 1 aromatic rings. The second-order valence-electron chi connectivity index (χ2n) is 4.96. The van der Waals surface area contributed by atoms with Gasteiger partial charge in [0.05, 0.1) is 22.4 Å². The minimum absolute atomic E-state index is 0.0464. The van der Waals surface area contributed by atoms with Crippen molar-refractivity contribution >= 4 is 33.5 Å². The molecule has 0 bridgehead atoms. The Balaban J connectivity index is 1.85. The zero-order valence-electron chi connectivity index (χ0n) is 10.7. The zero-order chi connectivity index (χ0) is 13.6. The van der Waals surface area contributed by atoms with Gasteiger partial charge in [0.1, 0.15) is 5.82 Å². The van der Waals surface area contributed by atoms with Crippen LogP contribution in [0.2, 0.25) is 0 Å². The second-order valence-corrected chi connectivity index (χ2v) is 5.75. The molecule has 6 nitrogen and oxygen atoms in total. The maximum absolute atomic E-state index is 11.6. The van der Waals surface area contributed by atoms with Crippen molar-refractivity contribution in [3.8, 4) is 0 Å². The van der Waals surface area contributed by atoms with E-state index in [0.29, 0.717) is 12.2 Å². The predicted octanol–water partition coefficient (Wildman–Crippen LogP) is 0.949. The molecule has 2 saturated heterocycles. The van der Waals surface area contributed by atoms with Crippen molar-refractivity contribution in [3.63, 3.8) is 0 Å². The third-order valence-corrected chi connectivity index (χ3v) is 4.77. The highest BCUT2D eigenvalue weighted by Gasteiger charge is 2.36. The molecule has 0 saturated carbocycles. The fourth-order valence-corrected chi connectivity index (χ4v) is 3.18. The van der Waals surface area contributed by atoms with Crippen LogP contribution in [0.1, 0.15) is 5.56 Å². The Hall–Kier alpha value is -1.50. The van der Waals surface area contributed by atoms with Crippen LogP contribution in [0, 0.1) is 6.92 Å². The Bertz CT molecular complexity index is 535. The van der Waals surface area contributed by atoms with E-state index in [0.717, 1.165) is 35.5 Å². The molecule has 2 fully saturated rings. The van der Waals surface area contributed by atoms with Gasteiger partial charge in [0.2, 0.25) is 0 Å². The highest BCUT2D eigenvalue weighted by atomic mass is 79.9. The Morgan fingerprint density at radius 3 is 3.11 bits per heavy atom. The second kappa shape index (κ2) is 4.56. The number of urea groups is 1. The molecule has 3 rings (SSSR count). The lowest BCUT2D eigenvalue weighted by Crippen LogP contribution is -2.52. The molecule has 0 aromatic carbocycles. The van der Waals surface area contributed by atoms with Gasteiger partial charge in [0.15, 0.2) is 0 Å². The van der Waals surface area contributed by atoms with E-state index in [1.807, 2.05) is 11.8 Å². The average molecular weight is 326 g/mol. The number of carbonyl (C=O) groups excluding carboxylic acids is 1. The number of aromatic nitrogens is 1. The molecule has 2 aliphatic heterocycles. The number of hydrogen-bond acceptors (Lipinski definition) is 4. The van der Waals surface area contributed by atoms with Crippen molar-refractivity contribution in [2.45, 2.75) is 13.0 Å². The summed E-state index contributed by atoms with van der Waals surface area (Å²) in [7, 11) is 0. The molecule has 3 N–H and O–H groups in total. The molecule has 3 heterocycles. The van der Waals surface area contributed by atoms with Crippen LogP contribution < -0.4 is 16.0 Å². The lowest BCUT2D eigenvalue weighted by Gasteiger charge is -2.37. The van der Waals surface area contributed by atoms with Crippen LogP contribution in [-0.2, 0) is 0 Å². The molecule has 0 spiro atoms. The maximum atomic E-state index is 11.6. The van der Waals surface area contributed by atoms with Crippen molar-refractivity contribution in [2.75, 3.05) is 36.8 Å². The number of fused-ring (bicyclic) bond motifs is 1. The number of piperazine rings is 1. The topological polar surface area (TPSA) is 74.5 Å². The standard InChI is InChI=1S/C12H16BrN5O/c1-7-9(14)5-15-11(10(7)13)17-2-3-18-8(6-17)4-16-12(18)19/h5,8H,2-4,6,14H2,1H3,(H,16,19). The number of nitrogens with zero attached hydrogens (tertiary/aromatic N) is 3. The summed E-state index contributed by atoms with van der Waals surface area (Å²) >= 11 is 3.57. The van der Waals surface area contributed by atoms with Crippen LogP contribution in [0.5, 0.6) is 0 Å². The van der Waals surface area contributed by atoms with E-state index >= 15 is 0 Å². The van der Waals surface area contributed by atoms with Crippen molar-refractivity contribution in [1.82, 2.24) is 15.2 Å². The first-order valence-electron chi connectivity index (χ1n) is 6.28. The molecular formula is C12H16BrN5O. The average Bonchev–Trinajstić information content (AvgIpc) is 2.77. The molecule has 0 aliphatic carbocycles. The SMILES string of the molecule is Cc1c(N)cnc(N2CCN3C(=O)NCC3C2)c1Br. The number of amides is 2. The molecule has 0 radical (unpaired) electrons. The van der Waals surface area contributed by atoms with E-state index < -0.39 is 0 Å². The minimum atomic E-state index is 0.0464. The monoisotopic (exact) mass is 325 g/mol. The Labute approximate surface area is 120 Å². The summed E-state index contributed by atoms with van der Waals surface area (Å²) in [6, 6.07) is 0.276. The normalized spacial score (nSPS) is 22.4. The number of nitrogen functional groups attached to an aromatic ring is 1. The van der Waals surface area contributed by atoms with Crippen molar-refractivity contribution in [2.24, 2.45) is 0 Å². The number of rotatable bonds is 1. The summed E-state index contributed by atoms with van der Waals surface area (Å²) < 4.78 is 0.943. The number of carbonyl (C=O) groups is 1. The Kier molecular flexibility index (Phi) is 3.00. The first kappa shape index (κ1) is 12.5. The van der Waals surface area contributed by atoms with Gasteiger partial charge in [-0.3, -0.25) is 0 Å². The van der Waals surface area contributed by atoms with Gasteiger partial charge in [-0.1, -0.05) is 0 Å². The molecule has 1 aromatic heterocycles. The van der Waals surface area contributed by atoms with Gasteiger partial charge in [-0.05, 0) is 28.4 Å². The van der Waals surface area contributed by atoms with Gasteiger partial charge >= 0.3 is 6.03 Å². The molecule has 2 amide bonds. The van der Waals surface area contributed by atoms with Gasteiger partial charge in [0, 0.05) is 26.2 Å².